The first-order valence-corrected chi connectivity index (χ1v) is 8.13. The van der Waals surface area contributed by atoms with Crippen LogP contribution >= 0.6 is 11.3 Å². The first kappa shape index (κ1) is 14.8. The molecule has 0 aliphatic rings. The maximum Gasteiger partial charge on any atom is 0.124 e. The number of thiazole rings is 1. The summed E-state index contributed by atoms with van der Waals surface area (Å²) < 4.78 is 0. The highest BCUT2D eigenvalue weighted by Gasteiger charge is 2.18. The molecule has 2 N–H and O–H groups in total. The molecule has 0 saturated heterocycles. The van der Waals surface area contributed by atoms with Crippen LogP contribution in [0.5, 0.6) is 0 Å². The number of nitrogens with two attached hydrogens (primary N) is 1. The standard InChI is InChI=1S/C17H18N4S/c1-12(2-7-18)16-15(13-3-8-19-9-4-13)21-17(22-16)14-5-10-20-11-6-14/h3-6,8-12H,2,7,18H2,1H3. The molecule has 0 fully saturated rings. The largest absolute Gasteiger partial charge is 0.330 e. The molecule has 3 aromatic heterocycles. The maximum absolute atomic E-state index is 5.74. The minimum atomic E-state index is 0.390. The number of aromatic nitrogens is 3. The van der Waals surface area contributed by atoms with Crippen LogP contribution in [0, 0.1) is 0 Å². The van der Waals surface area contributed by atoms with E-state index in [0.29, 0.717) is 12.5 Å². The number of pyridine rings is 2. The molecule has 0 amide bonds. The van der Waals surface area contributed by atoms with Crippen LogP contribution in [0.25, 0.3) is 21.8 Å². The van der Waals surface area contributed by atoms with Gasteiger partial charge >= 0.3 is 0 Å². The molecule has 1 unspecified atom stereocenters. The topological polar surface area (TPSA) is 64.7 Å². The summed E-state index contributed by atoms with van der Waals surface area (Å²) in [5.74, 6) is 0.390. The van der Waals surface area contributed by atoms with E-state index < -0.39 is 0 Å². The van der Waals surface area contributed by atoms with Gasteiger partial charge in [0.15, 0.2) is 0 Å². The quantitative estimate of drug-likeness (QED) is 0.780. The summed E-state index contributed by atoms with van der Waals surface area (Å²) in [5, 5.41) is 1.02. The zero-order valence-electron chi connectivity index (χ0n) is 12.4. The lowest BCUT2D eigenvalue weighted by atomic mass is 10.0. The van der Waals surface area contributed by atoms with Crippen molar-refractivity contribution in [1.29, 1.82) is 0 Å². The van der Waals surface area contributed by atoms with Crippen molar-refractivity contribution >= 4 is 11.3 Å². The van der Waals surface area contributed by atoms with Crippen LogP contribution in [0.2, 0.25) is 0 Å². The summed E-state index contributed by atoms with van der Waals surface area (Å²) in [5.41, 5.74) is 8.98. The van der Waals surface area contributed by atoms with Gasteiger partial charge in [0.1, 0.15) is 5.01 Å². The monoisotopic (exact) mass is 310 g/mol. The second-order valence-electron chi connectivity index (χ2n) is 5.18. The average Bonchev–Trinajstić information content (AvgIpc) is 3.02. The molecular formula is C17H18N4S. The van der Waals surface area contributed by atoms with Gasteiger partial charge in [-0.2, -0.15) is 0 Å². The lowest BCUT2D eigenvalue weighted by Crippen LogP contribution is -2.04. The van der Waals surface area contributed by atoms with Crippen LogP contribution < -0.4 is 5.73 Å². The molecule has 0 aliphatic carbocycles. The van der Waals surface area contributed by atoms with Gasteiger partial charge in [0.25, 0.3) is 0 Å². The maximum atomic E-state index is 5.74. The van der Waals surface area contributed by atoms with E-state index in [0.717, 1.165) is 28.2 Å². The van der Waals surface area contributed by atoms with Crippen LogP contribution in [0.1, 0.15) is 24.1 Å². The lowest BCUT2D eigenvalue weighted by Gasteiger charge is -2.09. The SMILES string of the molecule is CC(CCN)c1sc(-c2ccncc2)nc1-c1ccncc1. The summed E-state index contributed by atoms with van der Waals surface area (Å²) in [6, 6.07) is 7.99. The van der Waals surface area contributed by atoms with Crippen LogP contribution in [0.15, 0.2) is 49.1 Å². The zero-order chi connectivity index (χ0) is 15.4. The van der Waals surface area contributed by atoms with Crippen LogP contribution in [0.4, 0.5) is 0 Å². The van der Waals surface area contributed by atoms with E-state index in [9.17, 15) is 0 Å². The van der Waals surface area contributed by atoms with Crippen molar-refractivity contribution in [3.05, 3.63) is 53.9 Å². The smallest absolute Gasteiger partial charge is 0.124 e. The predicted molar refractivity (Wildman–Crippen MR) is 90.7 cm³/mol. The summed E-state index contributed by atoms with van der Waals surface area (Å²) in [6.45, 7) is 2.89. The molecule has 0 bridgehead atoms. The molecule has 0 saturated carbocycles. The molecule has 112 valence electrons. The number of nitrogens with zero attached hydrogens (tertiary/aromatic N) is 3. The molecule has 5 heteroatoms. The Morgan fingerprint density at radius 1 is 1.00 bits per heavy atom. The molecule has 0 spiro atoms. The van der Waals surface area contributed by atoms with E-state index in [2.05, 4.69) is 16.9 Å². The Balaban J connectivity index is 2.09. The highest BCUT2D eigenvalue weighted by atomic mass is 32.1. The van der Waals surface area contributed by atoms with Gasteiger partial charge in [-0.05, 0) is 43.1 Å². The van der Waals surface area contributed by atoms with E-state index in [1.165, 1.54) is 4.88 Å². The summed E-state index contributed by atoms with van der Waals surface area (Å²) in [4.78, 5) is 14.3. The first-order chi connectivity index (χ1) is 10.8. The molecule has 3 aromatic rings. The van der Waals surface area contributed by atoms with Gasteiger partial charge in [0.05, 0.1) is 5.69 Å². The van der Waals surface area contributed by atoms with E-state index in [1.54, 1.807) is 36.1 Å². The second kappa shape index (κ2) is 6.77. The van der Waals surface area contributed by atoms with E-state index in [4.69, 9.17) is 10.7 Å². The van der Waals surface area contributed by atoms with Gasteiger partial charge in [0, 0.05) is 40.8 Å². The zero-order valence-corrected chi connectivity index (χ0v) is 13.3. The molecule has 1 atom stereocenters. The van der Waals surface area contributed by atoms with Crippen LogP contribution in [-0.4, -0.2) is 21.5 Å². The highest BCUT2D eigenvalue weighted by molar-refractivity contribution is 7.15. The van der Waals surface area contributed by atoms with Gasteiger partial charge in [0.2, 0.25) is 0 Å². The summed E-state index contributed by atoms with van der Waals surface area (Å²) in [7, 11) is 0. The first-order valence-electron chi connectivity index (χ1n) is 7.31. The molecule has 0 radical (unpaired) electrons. The molecule has 22 heavy (non-hydrogen) atoms. The number of hydrogen-bond donors (Lipinski definition) is 1. The molecule has 0 aromatic carbocycles. The Hall–Kier alpha value is -2.11. The van der Waals surface area contributed by atoms with Crippen molar-refractivity contribution in [2.75, 3.05) is 6.54 Å². The third-order valence-electron chi connectivity index (χ3n) is 3.58. The molecular weight excluding hydrogens is 292 g/mol. The molecule has 4 nitrogen and oxygen atoms in total. The lowest BCUT2D eigenvalue weighted by molar-refractivity contribution is 0.701. The van der Waals surface area contributed by atoms with Crippen molar-refractivity contribution < 1.29 is 0 Å². The Labute approximate surface area is 134 Å². The third-order valence-corrected chi connectivity index (χ3v) is 4.92. The third kappa shape index (κ3) is 3.05. The molecule has 0 aliphatic heterocycles. The summed E-state index contributed by atoms with van der Waals surface area (Å²) >= 11 is 1.74. The molecule has 3 heterocycles. The fourth-order valence-electron chi connectivity index (χ4n) is 2.38. The Morgan fingerprint density at radius 3 is 2.18 bits per heavy atom. The van der Waals surface area contributed by atoms with Crippen molar-refractivity contribution in [1.82, 2.24) is 15.0 Å². The van der Waals surface area contributed by atoms with Crippen molar-refractivity contribution in [3.63, 3.8) is 0 Å². The van der Waals surface area contributed by atoms with Crippen molar-refractivity contribution in [2.24, 2.45) is 5.73 Å². The van der Waals surface area contributed by atoms with Crippen LogP contribution in [0.3, 0.4) is 0 Å². The van der Waals surface area contributed by atoms with Gasteiger partial charge in [-0.15, -0.1) is 11.3 Å². The minimum Gasteiger partial charge on any atom is -0.330 e. The Kier molecular flexibility index (Phi) is 4.56. The molecule has 3 rings (SSSR count). The fourth-order valence-corrected chi connectivity index (χ4v) is 3.56. The highest BCUT2D eigenvalue weighted by Crippen LogP contribution is 2.38. The predicted octanol–water partition coefficient (Wildman–Crippen LogP) is 3.72. The average molecular weight is 310 g/mol. The Bertz CT molecular complexity index is 725. The normalized spacial score (nSPS) is 12.3. The number of rotatable bonds is 5. The van der Waals surface area contributed by atoms with E-state index in [1.807, 2.05) is 24.3 Å². The second-order valence-corrected chi connectivity index (χ2v) is 6.21. The van der Waals surface area contributed by atoms with Gasteiger partial charge < -0.3 is 5.73 Å². The van der Waals surface area contributed by atoms with Gasteiger partial charge in [-0.3, -0.25) is 9.97 Å². The minimum absolute atomic E-state index is 0.390. The summed E-state index contributed by atoms with van der Waals surface area (Å²) in [6.07, 6.45) is 8.16. The van der Waals surface area contributed by atoms with E-state index in [-0.39, 0.29) is 0 Å². The van der Waals surface area contributed by atoms with Crippen molar-refractivity contribution in [2.45, 2.75) is 19.3 Å². The van der Waals surface area contributed by atoms with Gasteiger partial charge in [-0.25, -0.2) is 4.98 Å². The van der Waals surface area contributed by atoms with E-state index >= 15 is 0 Å². The fraction of sp³-hybridized carbons (Fsp3) is 0.235. The van der Waals surface area contributed by atoms with Crippen LogP contribution in [-0.2, 0) is 0 Å². The number of hydrogen-bond acceptors (Lipinski definition) is 5. The Morgan fingerprint density at radius 2 is 1.59 bits per heavy atom. The van der Waals surface area contributed by atoms with Gasteiger partial charge in [-0.1, -0.05) is 6.92 Å². The van der Waals surface area contributed by atoms with Crippen molar-refractivity contribution in [3.8, 4) is 21.8 Å².